The highest BCUT2D eigenvalue weighted by Crippen LogP contribution is 2.47. The number of halogens is 5. The topological polar surface area (TPSA) is 36.3 Å². The molecule has 0 bridgehead atoms. The molecular formula is C24H33F5N2O2SSi. The summed E-state index contributed by atoms with van der Waals surface area (Å²) in [6, 6.07) is 7.54. The van der Waals surface area contributed by atoms with Gasteiger partial charge >= 0.3 is 6.18 Å². The van der Waals surface area contributed by atoms with Crippen molar-refractivity contribution in [2.45, 2.75) is 87.0 Å². The fourth-order valence-electron chi connectivity index (χ4n) is 3.81. The third kappa shape index (κ3) is 8.03. The van der Waals surface area contributed by atoms with Crippen molar-refractivity contribution < 1.29 is 31.4 Å². The summed E-state index contributed by atoms with van der Waals surface area (Å²) in [4.78, 5) is 0.506. The average molecular weight is 537 g/mol. The van der Waals surface area contributed by atoms with Gasteiger partial charge in [-0.15, -0.1) is 11.8 Å². The Morgan fingerprint density at radius 3 is 2.54 bits per heavy atom. The fourth-order valence-corrected chi connectivity index (χ4v) is 5.89. The van der Waals surface area contributed by atoms with E-state index < -0.39 is 36.6 Å². The van der Waals surface area contributed by atoms with Crippen LogP contribution in [0.5, 0.6) is 0 Å². The molecule has 4 nitrogen and oxygen atoms in total. The Balaban J connectivity index is 1.79. The lowest BCUT2D eigenvalue weighted by molar-refractivity contribution is -0.137. The normalized spacial score (nSPS) is 21.9. The molecule has 1 saturated heterocycles. The molecule has 0 radical (unpaired) electrons. The average Bonchev–Trinajstić information content (AvgIpc) is 3.15. The predicted molar refractivity (Wildman–Crippen MR) is 130 cm³/mol. The SMILES string of the molecule is CC1(Sc2cccc(C(F)(F)F)c2)CCOC(c2cc(C(C)(F)F)nn2COCC[Si](C)(C)C)C1. The zero-order chi connectivity index (χ0) is 26.1. The Morgan fingerprint density at radius 2 is 1.91 bits per heavy atom. The highest BCUT2D eigenvalue weighted by Gasteiger charge is 2.39. The molecule has 1 aromatic heterocycles. The molecule has 2 atom stereocenters. The van der Waals surface area contributed by atoms with Crippen molar-refractivity contribution in [1.82, 2.24) is 9.78 Å². The largest absolute Gasteiger partial charge is 0.416 e. The van der Waals surface area contributed by atoms with Gasteiger partial charge in [-0.25, -0.2) is 4.68 Å². The third-order valence-electron chi connectivity index (χ3n) is 5.89. The van der Waals surface area contributed by atoms with Crippen LogP contribution in [-0.2, 0) is 28.3 Å². The summed E-state index contributed by atoms with van der Waals surface area (Å²) in [5, 5.41) is 4.10. The molecule has 0 spiro atoms. The Bertz CT molecular complexity index is 1000. The maximum atomic E-state index is 14.1. The summed E-state index contributed by atoms with van der Waals surface area (Å²) in [7, 11) is -1.31. The van der Waals surface area contributed by atoms with Gasteiger partial charge in [0.15, 0.2) is 0 Å². The summed E-state index contributed by atoms with van der Waals surface area (Å²) in [5.74, 6) is -3.12. The van der Waals surface area contributed by atoms with Crippen LogP contribution in [0, 0.1) is 0 Å². The first-order valence-corrected chi connectivity index (χ1v) is 16.1. The number of rotatable bonds is 9. The number of ether oxygens (including phenoxy) is 2. The standard InChI is InChI=1S/C24H33F5N2O2SSi/c1-22(34-18-8-6-7-17(13-18)24(27,28)29)9-10-33-20(15-22)19-14-21(23(2,25)26)30-31(19)16-32-11-12-35(3,4)5/h6-8,13-14,20H,9-12,15-16H2,1-5H3. The van der Waals surface area contributed by atoms with Gasteiger partial charge in [-0.2, -0.15) is 27.1 Å². The summed E-state index contributed by atoms with van der Waals surface area (Å²) in [6.07, 6.45) is -3.90. The molecule has 0 saturated carbocycles. The van der Waals surface area contributed by atoms with E-state index in [-0.39, 0.29) is 12.4 Å². The van der Waals surface area contributed by atoms with E-state index in [0.29, 0.717) is 36.6 Å². The van der Waals surface area contributed by atoms with Gasteiger partial charge in [0.1, 0.15) is 18.5 Å². The Hall–Kier alpha value is -1.43. The van der Waals surface area contributed by atoms with Crippen molar-refractivity contribution in [2.75, 3.05) is 13.2 Å². The minimum Gasteiger partial charge on any atom is -0.372 e. The van der Waals surface area contributed by atoms with Gasteiger partial charge in [0.2, 0.25) is 0 Å². The monoisotopic (exact) mass is 536 g/mol. The van der Waals surface area contributed by atoms with Crippen molar-refractivity contribution >= 4 is 19.8 Å². The molecular weight excluding hydrogens is 503 g/mol. The lowest BCUT2D eigenvalue weighted by atomic mass is 9.94. The van der Waals surface area contributed by atoms with Crippen molar-refractivity contribution in [1.29, 1.82) is 0 Å². The van der Waals surface area contributed by atoms with Crippen LogP contribution in [0.2, 0.25) is 25.7 Å². The van der Waals surface area contributed by atoms with Crippen LogP contribution in [0.25, 0.3) is 0 Å². The van der Waals surface area contributed by atoms with E-state index in [2.05, 4.69) is 24.7 Å². The number of alkyl halides is 5. The summed E-state index contributed by atoms with van der Waals surface area (Å²) in [5.41, 5.74) is -0.564. The molecule has 1 aromatic carbocycles. The number of hydrogen-bond acceptors (Lipinski definition) is 4. The second-order valence-electron chi connectivity index (χ2n) is 10.6. The van der Waals surface area contributed by atoms with Crippen molar-refractivity contribution in [3.63, 3.8) is 0 Å². The molecule has 1 aliphatic rings. The Kier molecular flexibility index (Phi) is 8.45. The molecule has 196 valence electrons. The smallest absolute Gasteiger partial charge is 0.372 e. The van der Waals surface area contributed by atoms with E-state index in [4.69, 9.17) is 9.47 Å². The summed E-state index contributed by atoms with van der Waals surface area (Å²) < 4.78 is 80.3. The number of benzene rings is 1. The Labute approximate surface area is 208 Å². The van der Waals surface area contributed by atoms with Crippen LogP contribution in [0.4, 0.5) is 22.0 Å². The molecule has 0 N–H and O–H groups in total. The first kappa shape index (κ1) is 28.1. The molecule has 2 unspecified atom stereocenters. The van der Waals surface area contributed by atoms with Crippen LogP contribution in [0.15, 0.2) is 35.2 Å². The molecule has 1 aliphatic heterocycles. The highest BCUT2D eigenvalue weighted by molar-refractivity contribution is 8.00. The van der Waals surface area contributed by atoms with Crippen LogP contribution < -0.4 is 0 Å². The molecule has 35 heavy (non-hydrogen) atoms. The zero-order valence-corrected chi connectivity index (χ0v) is 22.5. The van der Waals surface area contributed by atoms with Gasteiger partial charge in [-0.3, -0.25) is 0 Å². The molecule has 3 rings (SSSR count). The summed E-state index contributed by atoms with van der Waals surface area (Å²) >= 11 is 1.35. The van der Waals surface area contributed by atoms with Gasteiger partial charge < -0.3 is 9.47 Å². The maximum absolute atomic E-state index is 14.1. The molecule has 2 heterocycles. The maximum Gasteiger partial charge on any atom is 0.416 e. The molecule has 2 aromatic rings. The lowest BCUT2D eigenvalue weighted by Crippen LogP contribution is -2.33. The third-order valence-corrected chi connectivity index (χ3v) is 8.95. The predicted octanol–water partition coefficient (Wildman–Crippen LogP) is 7.73. The number of nitrogens with zero attached hydrogens (tertiary/aromatic N) is 2. The molecule has 0 amide bonds. The number of aromatic nitrogens is 2. The lowest BCUT2D eigenvalue weighted by Gasteiger charge is -2.38. The van der Waals surface area contributed by atoms with E-state index in [0.717, 1.165) is 25.1 Å². The fraction of sp³-hybridized carbons (Fsp3) is 0.625. The van der Waals surface area contributed by atoms with Gasteiger partial charge in [0.05, 0.1) is 11.3 Å². The van der Waals surface area contributed by atoms with Crippen LogP contribution in [0.3, 0.4) is 0 Å². The van der Waals surface area contributed by atoms with E-state index in [9.17, 15) is 22.0 Å². The molecule has 1 fully saturated rings. The van der Waals surface area contributed by atoms with E-state index in [1.165, 1.54) is 28.6 Å². The number of thioether (sulfide) groups is 1. The van der Waals surface area contributed by atoms with Crippen LogP contribution in [0.1, 0.15) is 49.7 Å². The summed E-state index contributed by atoms with van der Waals surface area (Å²) in [6.45, 7) is 10.3. The van der Waals surface area contributed by atoms with Gasteiger partial charge in [0.25, 0.3) is 5.92 Å². The molecule has 0 aliphatic carbocycles. The quantitative estimate of drug-likeness (QED) is 0.187. The van der Waals surface area contributed by atoms with Crippen molar-refractivity contribution in [3.8, 4) is 0 Å². The van der Waals surface area contributed by atoms with Gasteiger partial charge in [-0.05, 0) is 50.1 Å². The second kappa shape index (κ2) is 10.5. The minimum atomic E-state index is -4.42. The number of hydrogen-bond donors (Lipinski definition) is 0. The first-order chi connectivity index (χ1) is 16.1. The van der Waals surface area contributed by atoms with Crippen molar-refractivity contribution in [2.24, 2.45) is 0 Å². The Morgan fingerprint density at radius 1 is 1.20 bits per heavy atom. The van der Waals surface area contributed by atoms with Gasteiger partial charge in [0, 0.05) is 37.9 Å². The van der Waals surface area contributed by atoms with E-state index in [1.807, 2.05) is 6.92 Å². The molecule has 11 heteroatoms. The van der Waals surface area contributed by atoms with E-state index >= 15 is 0 Å². The van der Waals surface area contributed by atoms with Crippen LogP contribution >= 0.6 is 11.8 Å². The zero-order valence-electron chi connectivity index (χ0n) is 20.7. The second-order valence-corrected chi connectivity index (χ2v) is 17.9. The van der Waals surface area contributed by atoms with E-state index in [1.54, 1.807) is 6.07 Å². The van der Waals surface area contributed by atoms with Crippen molar-refractivity contribution in [3.05, 3.63) is 47.3 Å². The van der Waals surface area contributed by atoms with Crippen LogP contribution in [-0.4, -0.2) is 35.8 Å². The van der Waals surface area contributed by atoms with Gasteiger partial charge in [-0.1, -0.05) is 25.7 Å². The minimum absolute atomic E-state index is 0.0350. The first-order valence-electron chi connectivity index (χ1n) is 11.6. The highest BCUT2D eigenvalue weighted by atomic mass is 32.2.